The molecule has 4 rings (SSSR count). The lowest BCUT2D eigenvalue weighted by Crippen LogP contribution is -2.22. The Morgan fingerprint density at radius 3 is 2.36 bits per heavy atom. The third kappa shape index (κ3) is 5.52. The zero-order valence-electron chi connectivity index (χ0n) is 20.3. The van der Waals surface area contributed by atoms with Gasteiger partial charge in [-0.2, -0.15) is 10.1 Å². The van der Waals surface area contributed by atoms with E-state index in [1.54, 1.807) is 37.4 Å². The zero-order valence-corrected chi connectivity index (χ0v) is 21.1. The lowest BCUT2D eigenvalue weighted by molar-refractivity contribution is 0.0956. The van der Waals surface area contributed by atoms with Crippen LogP contribution in [-0.4, -0.2) is 40.6 Å². The number of rotatable bonds is 8. The van der Waals surface area contributed by atoms with Crippen LogP contribution in [0.25, 0.3) is 11.3 Å². The number of carbonyl (C=O) groups excluding carboxylic acids is 1. The number of hydrogen-bond donors (Lipinski definition) is 2. The van der Waals surface area contributed by atoms with Crippen LogP contribution in [0.3, 0.4) is 0 Å². The second kappa shape index (κ2) is 10.2. The predicted octanol–water partition coefficient (Wildman–Crippen LogP) is 3.84. The average Bonchev–Trinajstić information content (AvgIpc) is 3.27. The molecule has 186 valence electrons. The molecule has 2 aromatic heterocycles. The first-order chi connectivity index (χ1) is 17.2. The van der Waals surface area contributed by atoms with Crippen LogP contribution < -0.4 is 14.8 Å². The van der Waals surface area contributed by atoms with Gasteiger partial charge in [-0.05, 0) is 56.2 Å². The van der Waals surface area contributed by atoms with Gasteiger partial charge < -0.3 is 10.1 Å². The van der Waals surface area contributed by atoms with Crippen molar-refractivity contribution in [2.24, 2.45) is 7.05 Å². The Kier molecular flexibility index (Phi) is 7.02. The summed E-state index contributed by atoms with van der Waals surface area (Å²) in [6.45, 7) is 6.27. The number of benzene rings is 2. The molecule has 0 bridgehead atoms. The molecular formula is C25H26N6O4S. The summed E-state index contributed by atoms with van der Waals surface area (Å²) in [4.78, 5) is 20.8. The zero-order chi connectivity index (χ0) is 25.9. The molecule has 2 N–H and O–H groups in total. The molecule has 1 amide bonds. The highest BCUT2D eigenvalue weighted by atomic mass is 32.2. The van der Waals surface area contributed by atoms with Gasteiger partial charge in [-0.3, -0.25) is 9.48 Å². The van der Waals surface area contributed by atoms with Crippen molar-refractivity contribution in [1.29, 1.82) is 0 Å². The Hall–Kier alpha value is -4.25. The molecule has 0 atom stereocenters. The van der Waals surface area contributed by atoms with Gasteiger partial charge in [0, 0.05) is 37.0 Å². The monoisotopic (exact) mass is 506 g/mol. The first-order valence-corrected chi connectivity index (χ1v) is 12.7. The summed E-state index contributed by atoms with van der Waals surface area (Å²) in [6.07, 6.45) is 2.62. The molecule has 0 unspecified atom stereocenters. The normalized spacial score (nSPS) is 11.2. The molecule has 0 spiro atoms. The van der Waals surface area contributed by atoms with Crippen molar-refractivity contribution >= 4 is 21.9 Å². The number of aryl methyl sites for hydroxylation is 3. The van der Waals surface area contributed by atoms with Crippen LogP contribution in [0, 0.1) is 13.8 Å². The number of nitrogens with zero attached hydrogens (tertiary/aromatic N) is 4. The second-order valence-corrected chi connectivity index (χ2v) is 9.81. The standard InChI is InChI=1S/C25H26N6O4S/c1-5-26-24(32)18-9-11-19(12-10-18)35-22-13-21(23-16(2)7-6-8-17(23)3)28-25(29-22)30-36(33,34)20-14-27-31(4)15-20/h6-15H,5H2,1-4H3,(H,26,32)(H,28,29,30). The highest BCUT2D eigenvalue weighted by molar-refractivity contribution is 7.92. The van der Waals surface area contributed by atoms with Gasteiger partial charge in [-0.1, -0.05) is 18.2 Å². The van der Waals surface area contributed by atoms with Crippen LogP contribution in [0.1, 0.15) is 28.4 Å². The molecular weight excluding hydrogens is 480 g/mol. The van der Waals surface area contributed by atoms with E-state index in [0.717, 1.165) is 16.7 Å². The quantitative estimate of drug-likeness (QED) is 0.372. The van der Waals surface area contributed by atoms with E-state index in [1.165, 1.54) is 17.1 Å². The summed E-state index contributed by atoms with van der Waals surface area (Å²) in [5.74, 6) is 0.232. The average molecular weight is 507 g/mol. The van der Waals surface area contributed by atoms with Gasteiger partial charge in [0.05, 0.1) is 11.9 Å². The first-order valence-electron chi connectivity index (χ1n) is 11.2. The molecule has 0 saturated carbocycles. The van der Waals surface area contributed by atoms with Crippen molar-refractivity contribution in [3.63, 3.8) is 0 Å². The minimum atomic E-state index is -3.98. The van der Waals surface area contributed by atoms with Crippen LogP contribution in [0.4, 0.5) is 5.95 Å². The third-order valence-corrected chi connectivity index (χ3v) is 6.62. The van der Waals surface area contributed by atoms with Gasteiger partial charge >= 0.3 is 0 Å². The molecule has 2 heterocycles. The fourth-order valence-corrected chi connectivity index (χ4v) is 4.57. The van der Waals surface area contributed by atoms with Crippen molar-refractivity contribution in [2.75, 3.05) is 11.3 Å². The molecule has 4 aromatic rings. The molecule has 10 nitrogen and oxygen atoms in total. The van der Waals surface area contributed by atoms with Crippen molar-refractivity contribution in [3.05, 3.63) is 77.6 Å². The van der Waals surface area contributed by atoms with Crippen molar-refractivity contribution in [2.45, 2.75) is 25.7 Å². The Balaban J connectivity index is 1.72. The number of aromatic nitrogens is 4. The minimum Gasteiger partial charge on any atom is -0.439 e. The minimum absolute atomic E-state index is 0.0190. The van der Waals surface area contributed by atoms with Gasteiger partial charge in [0.15, 0.2) is 0 Å². The predicted molar refractivity (Wildman–Crippen MR) is 135 cm³/mol. The van der Waals surface area contributed by atoms with Crippen LogP contribution in [0.15, 0.2) is 65.8 Å². The van der Waals surface area contributed by atoms with Crippen molar-refractivity contribution in [1.82, 2.24) is 25.1 Å². The van der Waals surface area contributed by atoms with Gasteiger partial charge in [0.1, 0.15) is 10.6 Å². The van der Waals surface area contributed by atoms with E-state index < -0.39 is 10.0 Å². The number of ether oxygens (including phenoxy) is 1. The van der Waals surface area contributed by atoms with E-state index in [4.69, 9.17) is 4.74 Å². The molecule has 0 radical (unpaired) electrons. The fraction of sp³-hybridized carbons (Fsp3) is 0.200. The van der Waals surface area contributed by atoms with Crippen LogP contribution in [0.5, 0.6) is 11.6 Å². The van der Waals surface area contributed by atoms with Crippen molar-refractivity contribution < 1.29 is 17.9 Å². The Bertz CT molecular complexity index is 1490. The van der Waals surface area contributed by atoms with Gasteiger partial charge in [0.2, 0.25) is 11.8 Å². The van der Waals surface area contributed by atoms with Crippen LogP contribution in [0.2, 0.25) is 0 Å². The molecule has 0 aliphatic heterocycles. The number of sulfonamides is 1. The number of nitrogens with one attached hydrogen (secondary N) is 2. The molecule has 2 aromatic carbocycles. The van der Waals surface area contributed by atoms with Gasteiger partial charge in [-0.25, -0.2) is 18.1 Å². The topological polar surface area (TPSA) is 128 Å². The molecule has 0 aliphatic rings. The largest absolute Gasteiger partial charge is 0.439 e. The summed E-state index contributed by atoms with van der Waals surface area (Å²) in [6, 6.07) is 14.1. The number of carbonyl (C=O) groups is 1. The van der Waals surface area contributed by atoms with Crippen LogP contribution in [-0.2, 0) is 17.1 Å². The smallest absolute Gasteiger partial charge is 0.267 e. The molecule has 11 heteroatoms. The van der Waals surface area contributed by atoms with E-state index in [1.807, 2.05) is 39.0 Å². The summed E-state index contributed by atoms with van der Waals surface area (Å²) in [5, 5.41) is 6.66. The Labute approximate surface area is 209 Å². The van der Waals surface area contributed by atoms with E-state index in [-0.39, 0.29) is 22.6 Å². The summed E-state index contributed by atoms with van der Waals surface area (Å²) in [7, 11) is -2.36. The number of anilines is 1. The number of amides is 1. The molecule has 36 heavy (non-hydrogen) atoms. The maximum atomic E-state index is 12.9. The van der Waals surface area contributed by atoms with Crippen LogP contribution >= 0.6 is 0 Å². The van der Waals surface area contributed by atoms with E-state index in [2.05, 4.69) is 25.1 Å². The van der Waals surface area contributed by atoms with E-state index >= 15 is 0 Å². The lowest BCUT2D eigenvalue weighted by Gasteiger charge is -2.13. The Morgan fingerprint density at radius 1 is 1.06 bits per heavy atom. The first kappa shape index (κ1) is 24.9. The molecule has 0 fully saturated rings. The van der Waals surface area contributed by atoms with Gasteiger partial charge in [-0.15, -0.1) is 0 Å². The SMILES string of the molecule is CCNC(=O)c1ccc(Oc2cc(-c3c(C)cccc3C)nc(NS(=O)(=O)c3cnn(C)c3)n2)cc1. The summed E-state index contributed by atoms with van der Waals surface area (Å²) >= 11 is 0. The summed E-state index contributed by atoms with van der Waals surface area (Å²) in [5.41, 5.74) is 3.77. The third-order valence-electron chi connectivity index (χ3n) is 5.33. The van der Waals surface area contributed by atoms with Gasteiger partial charge in [0.25, 0.3) is 15.9 Å². The van der Waals surface area contributed by atoms with Crippen molar-refractivity contribution in [3.8, 4) is 22.9 Å². The number of hydrogen-bond acceptors (Lipinski definition) is 7. The fourth-order valence-electron chi connectivity index (χ4n) is 3.64. The molecule has 0 saturated heterocycles. The second-order valence-electron chi connectivity index (χ2n) is 8.12. The van der Waals surface area contributed by atoms with E-state index in [9.17, 15) is 13.2 Å². The Morgan fingerprint density at radius 2 is 1.75 bits per heavy atom. The van der Waals surface area contributed by atoms with E-state index in [0.29, 0.717) is 23.6 Å². The highest BCUT2D eigenvalue weighted by Crippen LogP contribution is 2.31. The maximum Gasteiger partial charge on any atom is 0.267 e. The molecule has 0 aliphatic carbocycles. The highest BCUT2D eigenvalue weighted by Gasteiger charge is 2.20. The lowest BCUT2D eigenvalue weighted by atomic mass is 10.00. The maximum absolute atomic E-state index is 12.9. The summed E-state index contributed by atoms with van der Waals surface area (Å²) < 4.78 is 35.6.